The van der Waals surface area contributed by atoms with Crippen LogP contribution in [0.5, 0.6) is 0 Å². The lowest BCUT2D eigenvalue weighted by Crippen LogP contribution is -1.67. The van der Waals surface area contributed by atoms with Gasteiger partial charge in [-0.1, -0.05) is 31.5 Å². The van der Waals surface area contributed by atoms with Crippen LogP contribution < -0.4 is 0 Å². The van der Waals surface area contributed by atoms with Gasteiger partial charge in [0.25, 0.3) is 0 Å². The average Bonchev–Trinajstić information content (AvgIpc) is 2.13. The van der Waals surface area contributed by atoms with Gasteiger partial charge in [-0.2, -0.15) is 10.2 Å². The summed E-state index contributed by atoms with van der Waals surface area (Å²) in [6.07, 6.45) is 0. The standard InChI is InChI=1S/C8H10N2.C2H6/c1-7-3-5-8(6-4-7)10-9-2;1-2/h3-6H,1-2H3;1-2H3. The van der Waals surface area contributed by atoms with E-state index < -0.39 is 0 Å². The Kier molecular flexibility index (Phi) is 5.88. The largest absolute Gasteiger partial charge is 0.192 e. The topological polar surface area (TPSA) is 24.7 Å². The van der Waals surface area contributed by atoms with Crippen molar-refractivity contribution in [3.63, 3.8) is 0 Å². The smallest absolute Gasteiger partial charge is 0.0852 e. The molecule has 0 amide bonds. The first-order chi connectivity index (χ1) is 5.83. The Morgan fingerprint density at radius 1 is 1.00 bits per heavy atom. The lowest BCUT2D eigenvalue weighted by atomic mass is 10.2. The summed E-state index contributed by atoms with van der Waals surface area (Å²) < 4.78 is 0. The van der Waals surface area contributed by atoms with Crippen LogP contribution in [0.25, 0.3) is 0 Å². The van der Waals surface area contributed by atoms with E-state index in [1.54, 1.807) is 7.05 Å². The molecule has 66 valence electrons. The van der Waals surface area contributed by atoms with Crippen LogP contribution in [0.3, 0.4) is 0 Å². The van der Waals surface area contributed by atoms with Crippen molar-refractivity contribution in [3.8, 4) is 0 Å². The molecule has 0 aliphatic rings. The third-order valence-electron chi connectivity index (χ3n) is 1.25. The maximum Gasteiger partial charge on any atom is 0.0852 e. The number of hydrogen-bond donors (Lipinski definition) is 0. The molecule has 0 unspecified atom stereocenters. The maximum atomic E-state index is 3.87. The fraction of sp³-hybridized carbons (Fsp3) is 0.400. The van der Waals surface area contributed by atoms with Gasteiger partial charge >= 0.3 is 0 Å². The molecule has 2 nitrogen and oxygen atoms in total. The summed E-state index contributed by atoms with van der Waals surface area (Å²) >= 11 is 0. The molecule has 0 bridgehead atoms. The third kappa shape index (κ3) is 3.86. The Morgan fingerprint density at radius 2 is 1.50 bits per heavy atom. The molecular weight excluding hydrogens is 148 g/mol. The van der Waals surface area contributed by atoms with Crippen LogP contribution in [-0.2, 0) is 0 Å². The van der Waals surface area contributed by atoms with Gasteiger partial charge in [-0.3, -0.25) is 0 Å². The van der Waals surface area contributed by atoms with Crippen molar-refractivity contribution in [2.24, 2.45) is 10.2 Å². The molecule has 1 aromatic carbocycles. The average molecular weight is 164 g/mol. The normalized spacial score (nSPS) is 9.33. The number of aryl methyl sites for hydroxylation is 1. The molecule has 0 heterocycles. The summed E-state index contributed by atoms with van der Waals surface area (Å²) in [5.41, 5.74) is 2.16. The molecule has 0 saturated carbocycles. The highest BCUT2D eigenvalue weighted by atomic mass is 15.1. The van der Waals surface area contributed by atoms with E-state index in [1.807, 2.05) is 45.0 Å². The zero-order valence-electron chi connectivity index (χ0n) is 8.20. The van der Waals surface area contributed by atoms with E-state index in [0.29, 0.717) is 0 Å². The van der Waals surface area contributed by atoms with Gasteiger partial charge in [0.05, 0.1) is 5.69 Å². The minimum absolute atomic E-state index is 0.910. The Hall–Kier alpha value is -1.18. The van der Waals surface area contributed by atoms with Gasteiger partial charge in [0.2, 0.25) is 0 Å². The minimum Gasteiger partial charge on any atom is -0.192 e. The Balaban J connectivity index is 0.000000561. The molecular formula is C10H16N2. The minimum atomic E-state index is 0.910. The second-order valence-corrected chi connectivity index (χ2v) is 2.14. The molecule has 0 aromatic heterocycles. The molecule has 0 aliphatic heterocycles. The second-order valence-electron chi connectivity index (χ2n) is 2.14. The molecule has 1 aromatic rings. The van der Waals surface area contributed by atoms with Gasteiger partial charge in [0.1, 0.15) is 0 Å². The van der Waals surface area contributed by atoms with Crippen LogP contribution in [0.15, 0.2) is 34.5 Å². The molecule has 0 N–H and O–H groups in total. The molecule has 0 aliphatic carbocycles. The Bertz CT molecular complexity index is 224. The van der Waals surface area contributed by atoms with Crippen LogP contribution >= 0.6 is 0 Å². The van der Waals surface area contributed by atoms with Crippen molar-refractivity contribution in [2.75, 3.05) is 7.05 Å². The van der Waals surface area contributed by atoms with Crippen molar-refractivity contribution < 1.29 is 0 Å². The van der Waals surface area contributed by atoms with Gasteiger partial charge < -0.3 is 0 Å². The van der Waals surface area contributed by atoms with Gasteiger partial charge in [-0.05, 0) is 19.1 Å². The highest BCUT2D eigenvalue weighted by Crippen LogP contribution is 2.11. The van der Waals surface area contributed by atoms with Crippen LogP contribution in [-0.4, -0.2) is 7.05 Å². The molecule has 0 spiro atoms. The van der Waals surface area contributed by atoms with Crippen molar-refractivity contribution in [2.45, 2.75) is 20.8 Å². The summed E-state index contributed by atoms with van der Waals surface area (Å²) in [5, 5.41) is 7.53. The van der Waals surface area contributed by atoms with Gasteiger partial charge in [-0.15, -0.1) is 0 Å². The zero-order valence-corrected chi connectivity index (χ0v) is 8.20. The first kappa shape index (κ1) is 10.8. The van der Waals surface area contributed by atoms with Gasteiger partial charge in [0, 0.05) is 7.05 Å². The summed E-state index contributed by atoms with van der Waals surface area (Å²) in [5.74, 6) is 0. The predicted octanol–water partition coefficient (Wildman–Crippen LogP) is 3.73. The van der Waals surface area contributed by atoms with Crippen LogP contribution in [0.4, 0.5) is 5.69 Å². The summed E-state index contributed by atoms with van der Waals surface area (Å²) in [4.78, 5) is 0. The fourth-order valence-electron chi connectivity index (χ4n) is 0.727. The first-order valence-corrected chi connectivity index (χ1v) is 4.19. The van der Waals surface area contributed by atoms with Crippen molar-refractivity contribution in [1.29, 1.82) is 0 Å². The van der Waals surface area contributed by atoms with E-state index in [4.69, 9.17) is 0 Å². The highest BCUT2D eigenvalue weighted by Gasteiger charge is 1.85. The quantitative estimate of drug-likeness (QED) is 0.565. The fourth-order valence-corrected chi connectivity index (χ4v) is 0.727. The molecule has 0 atom stereocenters. The zero-order chi connectivity index (χ0) is 9.40. The third-order valence-corrected chi connectivity index (χ3v) is 1.25. The second kappa shape index (κ2) is 6.53. The van der Waals surface area contributed by atoms with E-state index in [0.717, 1.165) is 5.69 Å². The number of nitrogens with zero attached hydrogens (tertiary/aromatic N) is 2. The summed E-state index contributed by atoms with van der Waals surface area (Å²) in [7, 11) is 1.67. The first-order valence-electron chi connectivity index (χ1n) is 4.19. The number of rotatable bonds is 1. The van der Waals surface area contributed by atoms with Gasteiger partial charge in [-0.25, -0.2) is 0 Å². The number of benzene rings is 1. The van der Waals surface area contributed by atoms with Gasteiger partial charge in [0.15, 0.2) is 0 Å². The molecule has 0 radical (unpaired) electrons. The SMILES string of the molecule is CC.CN=Nc1ccc(C)cc1. The number of azo groups is 1. The molecule has 0 saturated heterocycles. The van der Waals surface area contributed by atoms with Crippen LogP contribution in [0.2, 0.25) is 0 Å². The van der Waals surface area contributed by atoms with E-state index in [9.17, 15) is 0 Å². The van der Waals surface area contributed by atoms with Crippen molar-refractivity contribution in [3.05, 3.63) is 29.8 Å². The molecule has 1 rings (SSSR count). The van der Waals surface area contributed by atoms with Crippen LogP contribution in [0.1, 0.15) is 19.4 Å². The summed E-state index contributed by atoms with van der Waals surface area (Å²) in [6, 6.07) is 7.93. The highest BCUT2D eigenvalue weighted by molar-refractivity contribution is 5.37. The van der Waals surface area contributed by atoms with E-state index in [2.05, 4.69) is 10.2 Å². The lowest BCUT2D eigenvalue weighted by Gasteiger charge is -1.90. The molecule has 0 fully saturated rings. The van der Waals surface area contributed by atoms with E-state index in [1.165, 1.54) is 5.56 Å². The predicted molar refractivity (Wildman–Crippen MR) is 53.0 cm³/mol. The Labute approximate surface area is 74.3 Å². The molecule has 2 heteroatoms. The van der Waals surface area contributed by atoms with Crippen molar-refractivity contribution >= 4 is 5.69 Å². The van der Waals surface area contributed by atoms with Crippen LogP contribution in [0, 0.1) is 6.92 Å². The van der Waals surface area contributed by atoms with E-state index in [-0.39, 0.29) is 0 Å². The Morgan fingerprint density at radius 3 is 1.92 bits per heavy atom. The number of hydrogen-bond acceptors (Lipinski definition) is 2. The lowest BCUT2D eigenvalue weighted by molar-refractivity contribution is 1.17. The monoisotopic (exact) mass is 164 g/mol. The maximum absolute atomic E-state index is 3.87. The van der Waals surface area contributed by atoms with Crippen molar-refractivity contribution in [1.82, 2.24) is 0 Å². The summed E-state index contributed by atoms with van der Waals surface area (Å²) in [6.45, 7) is 6.05. The van der Waals surface area contributed by atoms with E-state index >= 15 is 0 Å². The molecule has 12 heavy (non-hydrogen) atoms.